The average molecular weight is 257 g/mol. The van der Waals surface area contributed by atoms with Crippen LogP contribution >= 0.6 is 0 Å². The maximum Gasteiger partial charge on any atom is 0.233 e. The molecule has 1 aliphatic heterocycles. The molecule has 0 radical (unpaired) electrons. The molecule has 2 aliphatic rings. The van der Waals surface area contributed by atoms with E-state index in [0.29, 0.717) is 25.9 Å². The molecule has 1 saturated heterocycles. The molecule has 1 aromatic carbocycles. The van der Waals surface area contributed by atoms with Crippen molar-refractivity contribution in [1.29, 1.82) is 0 Å². The number of hydrogen-bond donors (Lipinski definition) is 0. The van der Waals surface area contributed by atoms with Crippen LogP contribution in [0, 0.1) is 0 Å². The molecule has 0 unspecified atom stereocenters. The Morgan fingerprint density at radius 1 is 1.05 bits per heavy atom. The summed E-state index contributed by atoms with van der Waals surface area (Å²) < 4.78 is 0. The lowest BCUT2D eigenvalue weighted by Gasteiger charge is -2.44. The minimum absolute atomic E-state index is 0.234. The number of nitrogens with zero attached hydrogens (tertiary/aromatic N) is 1. The molecule has 100 valence electrons. The first kappa shape index (κ1) is 12.4. The van der Waals surface area contributed by atoms with E-state index in [-0.39, 0.29) is 17.1 Å². The van der Waals surface area contributed by atoms with Crippen LogP contribution < -0.4 is 0 Å². The molecule has 19 heavy (non-hydrogen) atoms. The van der Waals surface area contributed by atoms with E-state index in [1.165, 1.54) is 0 Å². The fraction of sp³-hybridized carbons (Fsp3) is 0.500. The van der Waals surface area contributed by atoms with Crippen LogP contribution in [0.4, 0.5) is 0 Å². The van der Waals surface area contributed by atoms with Crippen LogP contribution in [0.3, 0.4) is 0 Å². The van der Waals surface area contributed by atoms with Gasteiger partial charge in [0.2, 0.25) is 5.91 Å². The third-order valence-corrected chi connectivity index (χ3v) is 4.55. The molecule has 3 nitrogen and oxygen atoms in total. The molecule has 1 saturated carbocycles. The van der Waals surface area contributed by atoms with Crippen molar-refractivity contribution in [3.05, 3.63) is 35.9 Å². The minimum atomic E-state index is -0.304. The predicted molar refractivity (Wildman–Crippen MR) is 72.8 cm³/mol. The van der Waals surface area contributed by atoms with E-state index >= 15 is 0 Å². The Morgan fingerprint density at radius 2 is 1.68 bits per heavy atom. The number of Topliss-reactive ketones (excluding diaryl/α,β-unsaturated/α-hetero) is 1. The van der Waals surface area contributed by atoms with Gasteiger partial charge in [0.1, 0.15) is 5.78 Å². The Hall–Kier alpha value is -1.64. The highest BCUT2D eigenvalue weighted by atomic mass is 16.2. The average Bonchev–Trinajstić information content (AvgIpc) is 2.39. The van der Waals surface area contributed by atoms with Gasteiger partial charge in [-0.15, -0.1) is 0 Å². The minimum Gasteiger partial charge on any atom is -0.341 e. The van der Waals surface area contributed by atoms with Crippen LogP contribution in [0.5, 0.6) is 0 Å². The van der Waals surface area contributed by atoms with Gasteiger partial charge in [-0.05, 0) is 18.4 Å². The summed E-state index contributed by atoms with van der Waals surface area (Å²) >= 11 is 0. The van der Waals surface area contributed by atoms with Crippen LogP contribution in [0.25, 0.3) is 0 Å². The van der Waals surface area contributed by atoms with Gasteiger partial charge in [-0.2, -0.15) is 0 Å². The highest BCUT2D eigenvalue weighted by Crippen LogP contribution is 2.45. The van der Waals surface area contributed by atoms with E-state index < -0.39 is 0 Å². The van der Waals surface area contributed by atoms with Gasteiger partial charge in [0.05, 0.1) is 5.41 Å². The molecule has 0 atom stereocenters. The molecule has 2 fully saturated rings. The quantitative estimate of drug-likeness (QED) is 0.815. The summed E-state index contributed by atoms with van der Waals surface area (Å²) in [6.07, 6.45) is 4.06. The number of carbonyl (C=O) groups excluding carboxylic acids is 2. The standard InChI is InChI=1S/C16H19NO2/c18-14-7-11-17(12-8-14)15(19)16(9-4-10-16)13-5-2-1-3-6-13/h1-3,5-6H,4,7-12H2. The number of benzene rings is 1. The van der Waals surface area contributed by atoms with Gasteiger partial charge >= 0.3 is 0 Å². The summed E-state index contributed by atoms with van der Waals surface area (Å²) in [5.74, 6) is 0.517. The van der Waals surface area contributed by atoms with Crippen LogP contribution in [-0.2, 0) is 15.0 Å². The zero-order chi connectivity index (χ0) is 13.3. The van der Waals surface area contributed by atoms with Gasteiger partial charge in [0, 0.05) is 25.9 Å². The second kappa shape index (κ2) is 4.80. The Kier molecular flexibility index (Phi) is 3.13. The zero-order valence-electron chi connectivity index (χ0n) is 11.1. The van der Waals surface area contributed by atoms with Crippen molar-refractivity contribution in [2.45, 2.75) is 37.5 Å². The fourth-order valence-corrected chi connectivity index (χ4v) is 3.18. The topological polar surface area (TPSA) is 37.4 Å². The van der Waals surface area contributed by atoms with Crippen molar-refractivity contribution in [2.75, 3.05) is 13.1 Å². The number of amides is 1. The number of piperidine rings is 1. The van der Waals surface area contributed by atoms with Gasteiger partial charge in [-0.1, -0.05) is 36.8 Å². The zero-order valence-corrected chi connectivity index (χ0v) is 11.1. The van der Waals surface area contributed by atoms with Gasteiger partial charge in [0.15, 0.2) is 0 Å². The first-order chi connectivity index (χ1) is 9.22. The van der Waals surface area contributed by atoms with E-state index in [1.54, 1.807) is 0 Å². The second-order valence-electron chi connectivity index (χ2n) is 5.63. The Labute approximate surface area is 113 Å². The number of likely N-dealkylation sites (tertiary alicyclic amines) is 1. The molecular formula is C16H19NO2. The lowest BCUT2D eigenvalue weighted by atomic mass is 9.63. The molecule has 0 bridgehead atoms. The van der Waals surface area contributed by atoms with Gasteiger partial charge in [-0.3, -0.25) is 9.59 Å². The second-order valence-corrected chi connectivity index (χ2v) is 5.63. The summed E-state index contributed by atoms with van der Waals surface area (Å²) in [5, 5.41) is 0. The van der Waals surface area contributed by atoms with Crippen molar-refractivity contribution in [2.24, 2.45) is 0 Å². The molecule has 0 spiro atoms. The van der Waals surface area contributed by atoms with Crippen LogP contribution in [0.15, 0.2) is 30.3 Å². The van der Waals surface area contributed by atoms with Crippen molar-refractivity contribution in [3.63, 3.8) is 0 Å². The third-order valence-electron chi connectivity index (χ3n) is 4.55. The van der Waals surface area contributed by atoms with E-state index in [1.807, 2.05) is 23.1 Å². The molecule has 1 aliphatic carbocycles. The van der Waals surface area contributed by atoms with E-state index in [2.05, 4.69) is 12.1 Å². The van der Waals surface area contributed by atoms with Crippen LogP contribution in [0.2, 0.25) is 0 Å². The first-order valence-electron chi connectivity index (χ1n) is 7.09. The van der Waals surface area contributed by atoms with E-state index in [9.17, 15) is 9.59 Å². The molecule has 3 heteroatoms. The highest BCUT2D eigenvalue weighted by molar-refractivity contribution is 5.91. The fourth-order valence-electron chi connectivity index (χ4n) is 3.18. The summed E-state index contributed by atoms with van der Waals surface area (Å²) in [4.78, 5) is 26.0. The normalized spacial score (nSPS) is 21.9. The third kappa shape index (κ3) is 2.07. The highest BCUT2D eigenvalue weighted by Gasteiger charge is 2.47. The number of ketones is 1. The maximum atomic E-state index is 12.8. The summed E-state index contributed by atoms with van der Waals surface area (Å²) in [6.45, 7) is 1.21. The Morgan fingerprint density at radius 3 is 2.21 bits per heavy atom. The first-order valence-corrected chi connectivity index (χ1v) is 7.09. The van der Waals surface area contributed by atoms with Gasteiger partial charge < -0.3 is 4.90 Å². The summed E-state index contributed by atoms with van der Waals surface area (Å²) in [6, 6.07) is 10.1. The molecule has 0 N–H and O–H groups in total. The smallest absolute Gasteiger partial charge is 0.233 e. The summed E-state index contributed by atoms with van der Waals surface area (Å²) in [5.41, 5.74) is 0.838. The van der Waals surface area contributed by atoms with Crippen molar-refractivity contribution >= 4 is 11.7 Å². The molecule has 1 amide bonds. The summed E-state index contributed by atoms with van der Waals surface area (Å²) in [7, 11) is 0. The van der Waals surface area contributed by atoms with Crippen molar-refractivity contribution < 1.29 is 9.59 Å². The Balaban J connectivity index is 1.82. The molecule has 1 aromatic rings. The van der Waals surface area contributed by atoms with Crippen LogP contribution in [0.1, 0.15) is 37.7 Å². The molecule has 3 rings (SSSR count). The maximum absolute atomic E-state index is 12.8. The monoisotopic (exact) mass is 257 g/mol. The molecule has 0 aromatic heterocycles. The SMILES string of the molecule is O=C1CCN(C(=O)C2(c3ccccc3)CCC2)CC1. The largest absolute Gasteiger partial charge is 0.341 e. The lowest BCUT2D eigenvalue weighted by molar-refractivity contribution is -0.143. The van der Waals surface area contributed by atoms with E-state index in [4.69, 9.17) is 0 Å². The predicted octanol–water partition coefficient (Wildman–Crippen LogP) is 2.30. The van der Waals surface area contributed by atoms with Crippen molar-refractivity contribution in [1.82, 2.24) is 4.90 Å². The number of rotatable bonds is 2. The number of hydrogen-bond acceptors (Lipinski definition) is 2. The van der Waals surface area contributed by atoms with Crippen LogP contribution in [-0.4, -0.2) is 29.7 Å². The van der Waals surface area contributed by atoms with Gasteiger partial charge in [0.25, 0.3) is 0 Å². The molecular weight excluding hydrogens is 238 g/mol. The van der Waals surface area contributed by atoms with E-state index in [0.717, 1.165) is 24.8 Å². The molecule has 1 heterocycles. The van der Waals surface area contributed by atoms with Crippen molar-refractivity contribution in [3.8, 4) is 0 Å². The Bertz CT molecular complexity index is 481. The van der Waals surface area contributed by atoms with Gasteiger partial charge in [-0.25, -0.2) is 0 Å². The lowest BCUT2D eigenvalue weighted by Crippen LogP contribution is -2.53. The number of carbonyl (C=O) groups is 2.